The molecule has 2 heteroatoms. The van der Waals surface area contributed by atoms with Gasteiger partial charge in [0.2, 0.25) is 0 Å². The van der Waals surface area contributed by atoms with Crippen molar-refractivity contribution in [2.75, 3.05) is 0 Å². The number of nitriles is 1. The second kappa shape index (κ2) is 3.38. The molecule has 0 atom stereocenters. The van der Waals surface area contributed by atoms with Gasteiger partial charge in [-0.3, -0.25) is 0 Å². The monoisotopic (exact) mass is 212 g/mol. The largest absolute Gasteiger partial charge is 0.350 e. The van der Waals surface area contributed by atoms with Gasteiger partial charge in [0, 0.05) is 18.6 Å². The molecule has 82 valence electrons. The quantitative estimate of drug-likeness (QED) is 0.713. The number of hydrogen-bond donors (Lipinski definition) is 0. The molecule has 0 aliphatic rings. The van der Waals surface area contributed by atoms with E-state index in [1.165, 1.54) is 16.5 Å². The van der Waals surface area contributed by atoms with Gasteiger partial charge < -0.3 is 4.57 Å². The maximum Gasteiger partial charge on any atom is 0.0766 e. The Morgan fingerprint density at radius 3 is 2.62 bits per heavy atom. The van der Waals surface area contributed by atoms with E-state index < -0.39 is 5.41 Å². The highest BCUT2D eigenvalue weighted by atomic mass is 14.9. The Morgan fingerprint density at radius 1 is 1.31 bits per heavy atom. The van der Waals surface area contributed by atoms with Crippen LogP contribution in [0.2, 0.25) is 0 Å². The van der Waals surface area contributed by atoms with E-state index in [1.807, 2.05) is 20.9 Å². The second-order valence-electron chi connectivity index (χ2n) is 4.89. The molecule has 2 nitrogen and oxygen atoms in total. The SMILES string of the molecule is Cc1cc(C(C)(C)C#N)cc2ccn(C)c12. The molecular weight excluding hydrogens is 196 g/mol. The van der Waals surface area contributed by atoms with Crippen LogP contribution in [0.3, 0.4) is 0 Å². The molecule has 2 rings (SSSR count). The molecule has 0 radical (unpaired) electrons. The van der Waals surface area contributed by atoms with Gasteiger partial charge in [0.05, 0.1) is 17.0 Å². The molecule has 0 saturated carbocycles. The molecule has 1 heterocycles. The molecule has 2 aromatic rings. The van der Waals surface area contributed by atoms with E-state index in [-0.39, 0.29) is 0 Å². The second-order valence-corrected chi connectivity index (χ2v) is 4.89. The van der Waals surface area contributed by atoms with E-state index >= 15 is 0 Å². The Labute approximate surface area is 96.1 Å². The van der Waals surface area contributed by atoms with Crippen LogP contribution in [0.25, 0.3) is 10.9 Å². The zero-order chi connectivity index (χ0) is 11.9. The third kappa shape index (κ3) is 1.49. The van der Waals surface area contributed by atoms with Gasteiger partial charge in [-0.2, -0.15) is 5.26 Å². The van der Waals surface area contributed by atoms with Crippen molar-refractivity contribution < 1.29 is 0 Å². The lowest BCUT2D eigenvalue weighted by Crippen LogP contribution is -2.14. The summed E-state index contributed by atoms with van der Waals surface area (Å²) in [7, 11) is 2.05. The molecule has 1 aromatic carbocycles. The van der Waals surface area contributed by atoms with Crippen molar-refractivity contribution in [3.05, 3.63) is 35.5 Å². The molecule has 0 N–H and O–H groups in total. The summed E-state index contributed by atoms with van der Waals surface area (Å²) in [6.45, 7) is 6.01. The summed E-state index contributed by atoms with van der Waals surface area (Å²) in [5.74, 6) is 0. The van der Waals surface area contributed by atoms with Crippen molar-refractivity contribution in [2.24, 2.45) is 7.05 Å². The third-order valence-corrected chi connectivity index (χ3v) is 3.16. The van der Waals surface area contributed by atoms with Crippen LogP contribution in [0.4, 0.5) is 0 Å². The van der Waals surface area contributed by atoms with Crippen molar-refractivity contribution in [1.82, 2.24) is 4.57 Å². The fourth-order valence-corrected chi connectivity index (χ4v) is 2.11. The van der Waals surface area contributed by atoms with Gasteiger partial charge in [0.25, 0.3) is 0 Å². The fourth-order valence-electron chi connectivity index (χ4n) is 2.11. The normalized spacial score (nSPS) is 11.7. The maximum atomic E-state index is 9.16. The molecule has 16 heavy (non-hydrogen) atoms. The Kier molecular flexibility index (Phi) is 2.27. The van der Waals surface area contributed by atoms with Crippen LogP contribution in [0.1, 0.15) is 25.0 Å². The highest BCUT2D eigenvalue weighted by molar-refractivity contribution is 5.84. The molecule has 0 fully saturated rings. The summed E-state index contributed by atoms with van der Waals surface area (Å²) in [5, 5.41) is 10.4. The van der Waals surface area contributed by atoms with Crippen molar-refractivity contribution in [2.45, 2.75) is 26.2 Å². The van der Waals surface area contributed by atoms with Crippen molar-refractivity contribution in [3.8, 4) is 6.07 Å². The molecule has 0 aliphatic carbocycles. The first-order chi connectivity index (χ1) is 7.45. The van der Waals surface area contributed by atoms with E-state index in [2.05, 4.69) is 42.0 Å². The number of rotatable bonds is 1. The smallest absolute Gasteiger partial charge is 0.0766 e. The molecule has 0 saturated heterocycles. The van der Waals surface area contributed by atoms with E-state index in [4.69, 9.17) is 5.26 Å². The minimum Gasteiger partial charge on any atom is -0.350 e. The summed E-state index contributed by atoms with van der Waals surface area (Å²) in [6, 6.07) is 8.68. The molecule has 0 spiro atoms. The number of benzene rings is 1. The molecule has 0 bridgehead atoms. The zero-order valence-electron chi connectivity index (χ0n) is 10.2. The lowest BCUT2D eigenvalue weighted by Gasteiger charge is -2.17. The molecular formula is C14H16N2. The fraction of sp³-hybridized carbons (Fsp3) is 0.357. The van der Waals surface area contributed by atoms with Crippen LogP contribution in [0.5, 0.6) is 0 Å². The van der Waals surface area contributed by atoms with Crippen LogP contribution in [-0.2, 0) is 12.5 Å². The van der Waals surface area contributed by atoms with Crippen LogP contribution in [-0.4, -0.2) is 4.57 Å². The van der Waals surface area contributed by atoms with Crippen LogP contribution in [0, 0.1) is 18.3 Å². The van der Waals surface area contributed by atoms with Crippen LogP contribution < -0.4 is 0 Å². The van der Waals surface area contributed by atoms with Gasteiger partial charge in [-0.25, -0.2) is 0 Å². The van der Waals surface area contributed by atoms with E-state index in [1.54, 1.807) is 0 Å². The predicted octanol–water partition coefficient (Wildman–Crippen LogP) is 3.29. The van der Waals surface area contributed by atoms with Gasteiger partial charge in [-0.15, -0.1) is 0 Å². The number of aryl methyl sites for hydroxylation is 2. The van der Waals surface area contributed by atoms with Crippen LogP contribution >= 0.6 is 0 Å². The Morgan fingerprint density at radius 2 is 2.00 bits per heavy atom. The Balaban J connectivity index is 2.74. The van der Waals surface area contributed by atoms with Gasteiger partial charge >= 0.3 is 0 Å². The first-order valence-corrected chi connectivity index (χ1v) is 5.43. The van der Waals surface area contributed by atoms with Crippen molar-refractivity contribution in [3.63, 3.8) is 0 Å². The summed E-state index contributed by atoms with van der Waals surface area (Å²) in [4.78, 5) is 0. The first-order valence-electron chi connectivity index (χ1n) is 5.43. The summed E-state index contributed by atoms with van der Waals surface area (Å²) in [5.41, 5.74) is 3.14. The minimum absolute atomic E-state index is 0.422. The van der Waals surface area contributed by atoms with Crippen molar-refractivity contribution >= 4 is 10.9 Å². The highest BCUT2D eigenvalue weighted by Crippen LogP contribution is 2.28. The number of nitrogens with zero attached hydrogens (tertiary/aromatic N) is 2. The first kappa shape index (κ1) is 10.8. The van der Waals surface area contributed by atoms with Gasteiger partial charge in [-0.05, 0) is 44.0 Å². The third-order valence-electron chi connectivity index (χ3n) is 3.16. The number of hydrogen-bond acceptors (Lipinski definition) is 1. The summed E-state index contributed by atoms with van der Waals surface area (Å²) < 4.78 is 2.12. The lowest BCUT2D eigenvalue weighted by molar-refractivity contribution is 0.687. The summed E-state index contributed by atoms with van der Waals surface area (Å²) in [6.07, 6.45) is 2.06. The van der Waals surface area contributed by atoms with Crippen LogP contribution in [0.15, 0.2) is 24.4 Å². The Bertz CT molecular complexity index is 583. The minimum atomic E-state index is -0.422. The standard InChI is InChI=1S/C14H16N2/c1-10-7-12(14(2,3)9-15)8-11-5-6-16(4)13(10)11/h5-8H,1-4H3. The van der Waals surface area contributed by atoms with Crippen molar-refractivity contribution in [1.29, 1.82) is 5.26 Å². The van der Waals surface area contributed by atoms with E-state index in [0.717, 1.165) is 5.56 Å². The number of fused-ring (bicyclic) bond motifs is 1. The van der Waals surface area contributed by atoms with Gasteiger partial charge in [-0.1, -0.05) is 6.07 Å². The Hall–Kier alpha value is -1.75. The molecule has 0 aliphatic heterocycles. The number of aromatic nitrogens is 1. The molecule has 0 unspecified atom stereocenters. The maximum absolute atomic E-state index is 9.16. The lowest BCUT2D eigenvalue weighted by atomic mass is 9.85. The van der Waals surface area contributed by atoms with Gasteiger partial charge in [0.15, 0.2) is 0 Å². The average molecular weight is 212 g/mol. The summed E-state index contributed by atoms with van der Waals surface area (Å²) >= 11 is 0. The van der Waals surface area contributed by atoms with Gasteiger partial charge in [0.1, 0.15) is 0 Å². The average Bonchev–Trinajstić information content (AvgIpc) is 2.61. The van der Waals surface area contributed by atoms with E-state index in [0.29, 0.717) is 0 Å². The topological polar surface area (TPSA) is 28.7 Å². The molecule has 1 aromatic heterocycles. The van der Waals surface area contributed by atoms with E-state index in [9.17, 15) is 0 Å². The predicted molar refractivity (Wildman–Crippen MR) is 66.3 cm³/mol. The zero-order valence-corrected chi connectivity index (χ0v) is 10.2. The highest BCUT2D eigenvalue weighted by Gasteiger charge is 2.21. The molecule has 0 amide bonds.